The van der Waals surface area contributed by atoms with Crippen molar-refractivity contribution in [1.82, 2.24) is 0 Å². The van der Waals surface area contributed by atoms with Crippen LogP contribution in [0.5, 0.6) is 0 Å². The van der Waals surface area contributed by atoms with Gasteiger partial charge >= 0.3 is 0 Å². The molecule has 2 aromatic rings. The van der Waals surface area contributed by atoms with E-state index in [4.69, 9.17) is 0 Å². The summed E-state index contributed by atoms with van der Waals surface area (Å²) in [4.78, 5) is 13.9. The normalized spacial score (nSPS) is 14.2. The van der Waals surface area contributed by atoms with Crippen LogP contribution in [0.1, 0.15) is 26.3 Å². The molecule has 2 aromatic carbocycles. The van der Waals surface area contributed by atoms with Crippen molar-refractivity contribution in [2.75, 3.05) is 16.2 Å². The highest BCUT2D eigenvalue weighted by atomic mass is 32.2. The predicted octanol–water partition coefficient (Wildman–Crippen LogP) is 3.56. The Morgan fingerprint density at radius 2 is 1.85 bits per heavy atom. The van der Waals surface area contributed by atoms with Gasteiger partial charge in [0.05, 0.1) is 0 Å². The van der Waals surface area contributed by atoms with Gasteiger partial charge in [0, 0.05) is 23.3 Å². The summed E-state index contributed by atoms with van der Waals surface area (Å²) in [6.07, 6.45) is 0.645. The van der Waals surface area contributed by atoms with Crippen LogP contribution >= 0.6 is 0 Å². The van der Waals surface area contributed by atoms with Crippen molar-refractivity contribution < 1.29 is 17.6 Å². The maximum absolute atomic E-state index is 13.8. The average molecular weight is 376 g/mol. The van der Waals surface area contributed by atoms with Gasteiger partial charge in [0.15, 0.2) is 0 Å². The van der Waals surface area contributed by atoms with E-state index in [0.717, 1.165) is 17.3 Å². The summed E-state index contributed by atoms with van der Waals surface area (Å²) in [5.41, 5.74) is 1.53. The second-order valence-electron chi connectivity index (χ2n) is 7.34. The summed E-state index contributed by atoms with van der Waals surface area (Å²) in [5, 5.41) is 0. The minimum Gasteiger partial charge on any atom is -0.311 e. The van der Waals surface area contributed by atoms with E-state index in [-0.39, 0.29) is 5.91 Å². The third-order valence-electron chi connectivity index (χ3n) is 4.24. The Labute approximate surface area is 152 Å². The van der Waals surface area contributed by atoms with Crippen LogP contribution in [0, 0.1) is 11.2 Å². The molecule has 0 spiro atoms. The topological polar surface area (TPSA) is 66.5 Å². The molecule has 0 bridgehead atoms. The summed E-state index contributed by atoms with van der Waals surface area (Å²) >= 11 is 0. The van der Waals surface area contributed by atoms with Gasteiger partial charge in [-0.1, -0.05) is 32.9 Å². The fraction of sp³-hybridized carbons (Fsp3) is 0.316. The maximum Gasteiger partial charge on any atom is 0.264 e. The molecular formula is C19H21FN2O3S. The third kappa shape index (κ3) is 3.44. The molecule has 0 saturated heterocycles. The fourth-order valence-corrected chi connectivity index (χ4v) is 4.08. The van der Waals surface area contributed by atoms with Gasteiger partial charge in [-0.25, -0.2) is 12.8 Å². The summed E-state index contributed by atoms with van der Waals surface area (Å²) in [6.45, 7) is 6.16. The SMILES string of the molecule is CC(C)(C)C(=O)N1CCc2cc(NS(=O)(=O)c3ccccc3F)ccc21. The lowest BCUT2D eigenvalue weighted by atomic mass is 9.94. The van der Waals surface area contributed by atoms with Crippen molar-refractivity contribution in [3.63, 3.8) is 0 Å². The molecular weight excluding hydrogens is 355 g/mol. The van der Waals surface area contributed by atoms with E-state index in [1.165, 1.54) is 18.2 Å². The lowest BCUT2D eigenvalue weighted by molar-refractivity contribution is -0.125. The number of amides is 1. The van der Waals surface area contributed by atoms with Crippen molar-refractivity contribution in [1.29, 1.82) is 0 Å². The van der Waals surface area contributed by atoms with Crippen LogP contribution in [0.15, 0.2) is 47.4 Å². The Morgan fingerprint density at radius 3 is 2.50 bits per heavy atom. The summed E-state index contributed by atoms with van der Waals surface area (Å²) < 4.78 is 41.0. The molecule has 1 aliphatic rings. The molecule has 7 heteroatoms. The van der Waals surface area contributed by atoms with E-state index < -0.39 is 26.2 Å². The number of hydrogen-bond acceptors (Lipinski definition) is 3. The van der Waals surface area contributed by atoms with E-state index in [1.54, 1.807) is 23.1 Å². The fourth-order valence-electron chi connectivity index (χ4n) is 2.95. The Kier molecular flexibility index (Phi) is 4.52. The first-order valence-corrected chi connectivity index (χ1v) is 9.80. The molecule has 26 heavy (non-hydrogen) atoms. The smallest absolute Gasteiger partial charge is 0.264 e. The van der Waals surface area contributed by atoms with Crippen LogP contribution < -0.4 is 9.62 Å². The molecule has 0 aliphatic carbocycles. The van der Waals surface area contributed by atoms with Gasteiger partial charge in [0.25, 0.3) is 10.0 Å². The molecule has 1 aliphatic heterocycles. The van der Waals surface area contributed by atoms with Crippen LogP contribution in [-0.4, -0.2) is 20.9 Å². The average Bonchev–Trinajstić information content (AvgIpc) is 2.96. The number of nitrogens with zero attached hydrogens (tertiary/aromatic N) is 1. The Hall–Kier alpha value is -2.41. The molecule has 1 N–H and O–H groups in total. The number of carbonyl (C=O) groups is 1. The summed E-state index contributed by atoms with van der Waals surface area (Å²) in [7, 11) is -4.02. The standard InChI is InChI=1S/C19H21FN2O3S/c1-19(2,3)18(23)22-11-10-13-12-14(8-9-16(13)22)21-26(24,25)17-7-5-4-6-15(17)20/h4-9,12,21H,10-11H2,1-3H3. The summed E-state index contributed by atoms with van der Waals surface area (Å²) in [5.74, 6) is -0.779. The molecule has 1 heterocycles. The van der Waals surface area contributed by atoms with Gasteiger partial charge in [-0.05, 0) is 42.3 Å². The number of halogens is 1. The highest BCUT2D eigenvalue weighted by molar-refractivity contribution is 7.92. The number of carbonyl (C=O) groups excluding carboxylic acids is 1. The number of benzene rings is 2. The molecule has 5 nitrogen and oxygen atoms in total. The Bertz CT molecular complexity index is 965. The Balaban J connectivity index is 1.87. The maximum atomic E-state index is 13.8. The quantitative estimate of drug-likeness (QED) is 0.891. The lowest BCUT2D eigenvalue weighted by Gasteiger charge is -2.26. The van der Waals surface area contributed by atoms with Gasteiger partial charge in [0.2, 0.25) is 5.91 Å². The molecule has 0 unspecified atom stereocenters. The van der Waals surface area contributed by atoms with Crippen LogP contribution in [0.3, 0.4) is 0 Å². The number of fused-ring (bicyclic) bond motifs is 1. The van der Waals surface area contributed by atoms with Crippen molar-refractivity contribution in [2.24, 2.45) is 5.41 Å². The first-order chi connectivity index (χ1) is 12.1. The molecule has 0 atom stereocenters. The molecule has 138 valence electrons. The number of nitrogens with one attached hydrogen (secondary N) is 1. The zero-order chi connectivity index (χ0) is 19.1. The van der Waals surface area contributed by atoms with E-state index in [1.807, 2.05) is 20.8 Å². The van der Waals surface area contributed by atoms with Crippen molar-refractivity contribution in [3.05, 3.63) is 53.8 Å². The number of sulfonamides is 1. The molecule has 0 radical (unpaired) electrons. The van der Waals surface area contributed by atoms with Gasteiger partial charge in [-0.2, -0.15) is 0 Å². The first kappa shape index (κ1) is 18.4. The lowest BCUT2D eigenvalue weighted by Crippen LogP contribution is -2.38. The second kappa shape index (κ2) is 6.39. The molecule has 0 fully saturated rings. The van der Waals surface area contributed by atoms with Crippen LogP contribution in [0.2, 0.25) is 0 Å². The number of hydrogen-bond donors (Lipinski definition) is 1. The van der Waals surface area contributed by atoms with Gasteiger partial charge in [0.1, 0.15) is 10.7 Å². The van der Waals surface area contributed by atoms with Crippen LogP contribution in [-0.2, 0) is 21.2 Å². The monoisotopic (exact) mass is 376 g/mol. The number of rotatable bonds is 3. The minimum absolute atomic E-state index is 0.0240. The first-order valence-electron chi connectivity index (χ1n) is 8.32. The van der Waals surface area contributed by atoms with E-state index in [2.05, 4.69) is 4.72 Å². The third-order valence-corrected chi connectivity index (χ3v) is 5.65. The zero-order valence-electron chi connectivity index (χ0n) is 14.9. The van der Waals surface area contributed by atoms with Crippen LogP contribution in [0.4, 0.5) is 15.8 Å². The predicted molar refractivity (Wildman–Crippen MR) is 99.2 cm³/mol. The summed E-state index contributed by atoms with van der Waals surface area (Å²) in [6, 6.07) is 10.2. The second-order valence-corrected chi connectivity index (χ2v) is 8.99. The molecule has 1 amide bonds. The van der Waals surface area contributed by atoms with Gasteiger partial charge in [-0.15, -0.1) is 0 Å². The van der Waals surface area contributed by atoms with Crippen molar-refractivity contribution in [2.45, 2.75) is 32.1 Å². The molecule has 0 saturated carbocycles. The zero-order valence-corrected chi connectivity index (χ0v) is 15.7. The van der Waals surface area contributed by atoms with Gasteiger partial charge < -0.3 is 4.90 Å². The van der Waals surface area contributed by atoms with E-state index in [9.17, 15) is 17.6 Å². The highest BCUT2D eigenvalue weighted by Crippen LogP contribution is 2.34. The minimum atomic E-state index is -4.02. The van der Waals surface area contributed by atoms with Crippen molar-refractivity contribution in [3.8, 4) is 0 Å². The van der Waals surface area contributed by atoms with Crippen molar-refractivity contribution >= 4 is 27.3 Å². The number of anilines is 2. The highest BCUT2D eigenvalue weighted by Gasteiger charge is 2.32. The largest absolute Gasteiger partial charge is 0.311 e. The van der Waals surface area contributed by atoms with Gasteiger partial charge in [-0.3, -0.25) is 9.52 Å². The van der Waals surface area contributed by atoms with E-state index in [0.29, 0.717) is 18.7 Å². The Morgan fingerprint density at radius 1 is 1.15 bits per heavy atom. The van der Waals surface area contributed by atoms with E-state index >= 15 is 0 Å². The van der Waals surface area contributed by atoms with Crippen LogP contribution in [0.25, 0.3) is 0 Å². The molecule has 0 aromatic heterocycles. The molecule has 3 rings (SSSR count).